The second-order valence-corrected chi connectivity index (χ2v) is 2.92. The van der Waals surface area contributed by atoms with E-state index in [9.17, 15) is 7.35 Å². The molecule has 0 fully saturated rings. The molecule has 1 unspecified atom stereocenters. The monoisotopic (exact) mass is 186 g/mol. The molecule has 0 saturated carbocycles. The zero-order chi connectivity index (χ0) is 7.98. The average Bonchev–Trinajstić information content (AvgIpc) is 1.85. The van der Waals surface area contributed by atoms with Crippen LogP contribution in [0.1, 0.15) is 26.7 Å². The third kappa shape index (κ3) is 6.23. The average molecular weight is 186 g/mol. The first-order valence-corrected chi connectivity index (χ1v) is 4.85. The number of hydrogen-bond donors (Lipinski definition) is 0. The Balaban J connectivity index is 3.29. The molecule has 5 heteroatoms. The van der Waals surface area contributed by atoms with E-state index in [1.807, 2.05) is 6.92 Å². The normalized spacial score (nSPS) is 13.0. The summed E-state index contributed by atoms with van der Waals surface area (Å²) in [5.41, 5.74) is 0. The Morgan fingerprint density at radius 1 is 1.50 bits per heavy atom. The third-order valence-corrected chi connectivity index (χ3v) is 1.29. The summed E-state index contributed by atoms with van der Waals surface area (Å²) < 4.78 is 23.7. The minimum atomic E-state index is -3.53. The standard InChI is InChI=1S/C5H12O2.2O.V/c1-3-4-5(2)7-6;;;/h5-6H,3-4H2,1-2H3;;;/q;;;+1/p-1. The van der Waals surface area contributed by atoms with E-state index in [1.54, 1.807) is 6.92 Å². The van der Waals surface area contributed by atoms with Gasteiger partial charge in [0.05, 0.1) is 0 Å². The van der Waals surface area contributed by atoms with Crippen LogP contribution in [-0.2, 0) is 31.4 Å². The van der Waals surface area contributed by atoms with Gasteiger partial charge in [0, 0.05) is 0 Å². The van der Waals surface area contributed by atoms with Crippen LogP contribution in [0.2, 0.25) is 0 Å². The molecule has 0 aliphatic rings. The van der Waals surface area contributed by atoms with Crippen molar-refractivity contribution < 1.29 is 31.4 Å². The van der Waals surface area contributed by atoms with E-state index in [0.29, 0.717) is 0 Å². The van der Waals surface area contributed by atoms with Crippen LogP contribution >= 0.6 is 0 Å². The molecule has 0 rings (SSSR count). The minimum absolute atomic E-state index is 0.134. The predicted octanol–water partition coefficient (Wildman–Crippen LogP) is 1.35. The second-order valence-electron chi connectivity index (χ2n) is 1.99. The molecule has 0 aromatic heterocycles. The Labute approximate surface area is 64.8 Å². The number of rotatable bonds is 5. The summed E-state index contributed by atoms with van der Waals surface area (Å²) in [4.78, 5) is 4.48. The van der Waals surface area contributed by atoms with Gasteiger partial charge in [0.15, 0.2) is 0 Å². The molecule has 10 heavy (non-hydrogen) atoms. The molecule has 0 amide bonds. The van der Waals surface area contributed by atoms with Gasteiger partial charge in [-0.3, -0.25) is 0 Å². The molecule has 0 aliphatic heterocycles. The van der Waals surface area contributed by atoms with E-state index in [-0.39, 0.29) is 6.10 Å². The van der Waals surface area contributed by atoms with Crippen LogP contribution in [0.25, 0.3) is 0 Å². The van der Waals surface area contributed by atoms with E-state index in [2.05, 4.69) is 8.70 Å². The molecular weight excluding hydrogens is 175 g/mol. The van der Waals surface area contributed by atoms with Gasteiger partial charge in [0.1, 0.15) is 0 Å². The van der Waals surface area contributed by atoms with Crippen LogP contribution in [-0.4, -0.2) is 6.10 Å². The summed E-state index contributed by atoms with van der Waals surface area (Å²) in [6.45, 7) is 3.76. The Kier molecular flexibility index (Phi) is 5.92. The molecule has 0 spiro atoms. The van der Waals surface area contributed by atoms with Crippen molar-refractivity contribution in [2.75, 3.05) is 0 Å². The van der Waals surface area contributed by atoms with Crippen LogP contribution in [0.4, 0.5) is 0 Å². The van der Waals surface area contributed by atoms with Gasteiger partial charge in [-0.15, -0.1) is 0 Å². The summed E-state index contributed by atoms with van der Waals surface area (Å²) in [7, 11) is 0. The van der Waals surface area contributed by atoms with E-state index < -0.39 is 15.4 Å². The van der Waals surface area contributed by atoms with Crippen LogP contribution in [0.15, 0.2) is 0 Å². The predicted molar refractivity (Wildman–Crippen MR) is 27.9 cm³/mol. The van der Waals surface area contributed by atoms with Gasteiger partial charge in [-0.05, 0) is 0 Å². The van der Waals surface area contributed by atoms with Crippen LogP contribution in [0.5, 0.6) is 0 Å². The summed E-state index contributed by atoms with van der Waals surface area (Å²) >= 11 is -3.53. The second kappa shape index (κ2) is 5.86. The molecule has 0 N–H and O–H groups in total. The van der Waals surface area contributed by atoms with Crippen molar-refractivity contribution in [3.8, 4) is 0 Å². The molecule has 4 nitrogen and oxygen atoms in total. The summed E-state index contributed by atoms with van der Waals surface area (Å²) in [5, 5.41) is 0. The van der Waals surface area contributed by atoms with Gasteiger partial charge in [0.25, 0.3) is 0 Å². The van der Waals surface area contributed by atoms with E-state index in [4.69, 9.17) is 0 Å². The zero-order valence-corrected chi connectivity index (χ0v) is 7.47. The van der Waals surface area contributed by atoms with Gasteiger partial charge in [-0.1, -0.05) is 0 Å². The Morgan fingerprint density at radius 2 is 2.10 bits per heavy atom. The van der Waals surface area contributed by atoms with Crippen LogP contribution in [0, 0.1) is 0 Å². The summed E-state index contributed by atoms with van der Waals surface area (Å²) in [5.74, 6) is 0. The van der Waals surface area contributed by atoms with Crippen molar-refractivity contribution in [3.05, 3.63) is 0 Å². The molecule has 1 atom stereocenters. The van der Waals surface area contributed by atoms with Gasteiger partial charge >= 0.3 is 64.2 Å². The first kappa shape index (κ1) is 10.1. The molecule has 0 aromatic carbocycles. The van der Waals surface area contributed by atoms with Crippen LogP contribution < -0.4 is 0 Å². The molecular formula is C5H11O4V. The molecule has 0 radical (unpaired) electrons. The van der Waals surface area contributed by atoms with Crippen molar-refractivity contribution in [2.45, 2.75) is 32.8 Å². The fourth-order valence-corrected chi connectivity index (χ4v) is 0.902. The fraction of sp³-hybridized carbons (Fsp3) is 1.00. The van der Waals surface area contributed by atoms with Gasteiger partial charge in [-0.2, -0.15) is 0 Å². The Morgan fingerprint density at radius 3 is 2.50 bits per heavy atom. The molecule has 0 aliphatic carbocycles. The maximum atomic E-state index is 9.88. The molecule has 0 heterocycles. The van der Waals surface area contributed by atoms with Crippen molar-refractivity contribution >= 4 is 0 Å². The van der Waals surface area contributed by atoms with Crippen molar-refractivity contribution in [1.82, 2.24) is 0 Å². The van der Waals surface area contributed by atoms with Gasteiger partial charge in [0.2, 0.25) is 0 Å². The molecule has 60 valence electrons. The SMILES string of the molecule is CCCC(C)O[O][V](=[O])=[O]. The van der Waals surface area contributed by atoms with Gasteiger partial charge < -0.3 is 0 Å². The third-order valence-electron chi connectivity index (χ3n) is 0.963. The molecule has 0 aromatic rings. The van der Waals surface area contributed by atoms with Crippen molar-refractivity contribution in [3.63, 3.8) is 0 Å². The molecule has 0 bridgehead atoms. The van der Waals surface area contributed by atoms with Crippen molar-refractivity contribution in [2.24, 2.45) is 0 Å². The zero-order valence-electron chi connectivity index (χ0n) is 6.07. The first-order valence-electron chi connectivity index (χ1n) is 3.14. The number of hydrogen-bond acceptors (Lipinski definition) is 4. The molecule has 0 saturated heterocycles. The van der Waals surface area contributed by atoms with E-state index in [0.717, 1.165) is 12.8 Å². The fourth-order valence-electron chi connectivity index (χ4n) is 0.563. The summed E-state index contributed by atoms with van der Waals surface area (Å²) in [6, 6.07) is 0. The van der Waals surface area contributed by atoms with Gasteiger partial charge in [-0.25, -0.2) is 0 Å². The Bertz CT molecular complexity index is 135. The first-order chi connectivity index (χ1) is 4.66. The Hall–Kier alpha value is 0.104. The quantitative estimate of drug-likeness (QED) is 0.480. The maximum absolute atomic E-state index is 9.88. The van der Waals surface area contributed by atoms with Crippen LogP contribution in [0.3, 0.4) is 0 Å². The van der Waals surface area contributed by atoms with E-state index >= 15 is 0 Å². The topological polar surface area (TPSA) is 52.6 Å². The summed E-state index contributed by atoms with van der Waals surface area (Å²) in [6.07, 6.45) is 1.63. The van der Waals surface area contributed by atoms with Crippen molar-refractivity contribution in [1.29, 1.82) is 0 Å². The van der Waals surface area contributed by atoms with E-state index in [1.165, 1.54) is 0 Å².